The van der Waals surface area contributed by atoms with Crippen molar-refractivity contribution in [2.24, 2.45) is 0 Å². The summed E-state index contributed by atoms with van der Waals surface area (Å²) >= 11 is 0. The molecule has 0 aromatic heterocycles. The molecule has 2 aromatic rings. The number of sulfonamides is 1. The second kappa shape index (κ2) is 8.08. The summed E-state index contributed by atoms with van der Waals surface area (Å²) in [5.74, 6) is -0.370. The number of hydrogen-bond acceptors (Lipinski definition) is 4. The average molecular weight is 347 g/mol. The molecule has 0 aliphatic heterocycles. The second-order valence-electron chi connectivity index (χ2n) is 5.43. The molecule has 6 heteroatoms. The number of rotatable bonds is 7. The van der Waals surface area contributed by atoms with Gasteiger partial charge in [0.15, 0.2) is 0 Å². The summed E-state index contributed by atoms with van der Waals surface area (Å²) in [4.78, 5) is 11.6. The third-order valence-electron chi connectivity index (χ3n) is 3.53. The summed E-state index contributed by atoms with van der Waals surface area (Å²) in [6, 6.07) is 15.0. The van der Waals surface area contributed by atoms with Crippen LogP contribution in [-0.4, -0.2) is 21.0 Å². The Labute approximate surface area is 142 Å². The van der Waals surface area contributed by atoms with Crippen molar-refractivity contribution in [3.05, 3.63) is 65.7 Å². The number of carbonyl (C=O) groups excluding carboxylic acids is 1. The highest BCUT2D eigenvalue weighted by Crippen LogP contribution is 2.18. The zero-order valence-electron chi connectivity index (χ0n) is 13.7. The van der Waals surface area contributed by atoms with Crippen molar-refractivity contribution in [2.75, 3.05) is 6.61 Å². The highest BCUT2D eigenvalue weighted by atomic mass is 32.2. The van der Waals surface area contributed by atoms with Crippen molar-refractivity contribution in [3.8, 4) is 0 Å². The minimum Gasteiger partial charge on any atom is -0.464 e. The standard InChI is InChI=1S/C18H21NO4S/c1-3-18(20)23-13-17(15-7-5-4-6-8-15)19-24(21,22)16-11-9-14(2)10-12-16/h4-12,17,19H,3,13H2,1-2H3. The fourth-order valence-electron chi connectivity index (χ4n) is 2.13. The van der Waals surface area contributed by atoms with E-state index < -0.39 is 16.1 Å². The van der Waals surface area contributed by atoms with Gasteiger partial charge in [-0.05, 0) is 24.6 Å². The third kappa shape index (κ3) is 4.91. The van der Waals surface area contributed by atoms with Crippen LogP contribution < -0.4 is 4.72 Å². The van der Waals surface area contributed by atoms with Crippen molar-refractivity contribution < 1.29 is 17.9 Å². The lowest BCUT2D eigenvalue weighted by molar-refractivity contribution is -0.143. The van der Waals surface area contributed by atoms with Gasteiger partial charge in [0, 0.05) is 6.42 Å². The number of hydrogen-bond donors (Lipinski definition) is 1. The predicted molar refractivity (Wildman–Crippen MR) is 91.9 cm³/mol. The van der Waals surface area contributed by atoms with E-state index in [1.807, 2.05) is 25.1 Å². The fourth-order valence-corrected chi connectivity index (χ4v) is 3.34. The molecule has 2 aromatic carbocycles. The molecule has 128 valence electrons. The normalized spacial score (nSPS) is 12.6. The summed E-state index contributed by atoms with van der Waals surface area (Å²) in [7, 11) is -3.72. The van der Waals surface area contributed by atoms with Crippen molar-refractivity contribution in [3.63, 3.8) is 0 Å². The second-order valence-corrected chi connectivity index (χ2v) is 7.15. The van der Waals surface area contributed by atoms with Gasteiger partial charge in [0.2, 0.25) is 10.0 Å². The summed E-state index contributed by atoms with van der Waals surface area (Å²) in [6.07, 6.45) is 0.242. The lowest BCUT2D eigenvalue weighted by Gasteiger charge is -2.19. The van der Waals surface area contributed by atoms with E-state index in [1.54, 1.807) is 43.3 Å². The molecule has 0 amide bonds. The van der Waals surface area contributed by atoms with Crippen molar-refractivity contribution in [2.45, 2.75) is 31.2 Å². The lowest BCUT2D eigenvalue weighted by Crippen LogP contribution is -2.32. The maximum Gasteiger partial charge on any atom is 0.305 e. The van der Waals surface area contributed by atoms with Crippen molar-refractivity contribution >= 4 is 16.0 Å². The van der Waals surface area contributed by atoms with Gasteiger partial charge in [0.25, 0.3) is 0 Å². The van der Waals surface area contributed by atoms with E-state index in [1.165, 1.54) is 0 Å². The quantitative estimate of drug-likeness (QED) is 0.782. The SMILES string of the molecule is CCC(=O)OCC(NS(=O)(=O)c1ccc(C)cc1)c1ccccc1. The zero-order valence-corrected chi connectivity index (χ0v) is 14.5. The monoisotopic (exact) mass is 347 g/mol. The zero-order chi connectivity index (χ0) is 17.6. The number of ether oxygens (including phenoxy) is 1. The van der Waals surface area contributed by atoms with Gasteiger partial charge in [-0.25, -0.2) is 13.1 Å². The number of esters is 1. The summed E-state index contributed by atoms with van der Waals surface area (Å²) in [5, 5.41) is 0. The Morgan fingerprint density at radius 1 is 1.08 bits per heavy atom. The van der Waals surface area contributed by atoms with E-state index >= 15 is 0 Å². The molecule has 0 aliphatic carbocycles. The number of benzene rings is 2. The van der Waals surface area contributed by atoms with Gasteiger partial charge < -0.3 is 4.74 Å². The molecule has 0 heterocycles. The van der Waals surface area contributed by atoms with E-state index in [4.69, 9.17) is 4.74 Å². The van der Waals surface area contributed by atoms with Crippen LogP contribution in [0, 0.1) is 6.92 Å². The molecule has 1 N–H and O–H groups in total. The van der Waals surface area contributed by atoms with Gasteiger partial charge in [0.1, 0.15) is 6.61 Å². The van der Waals surface area contributed by atoms with Crippen molar-refractivity contribution in [1.82, 2.24) is 4.72 Å². The van der Waals surface area contributed by atoms with Crippen LogP contribution in [0.4, 0.5) is 0 Å². The molecule has 0 radical (unpaired) electrons. The molecule has 0 spiro atoms. The van der Waals surface area contributed by atoms with Crippen LogP contribution >= 0.6 is 0 Å². The minimum atomic E-state index is -3.72. The van der Waals surface area contributed by atoms with Gasteiger partial charge >= 0.3 is 5.97 Å². The van der Waals surface area contributed by atoms with E-state index in [2.05, 4.69) is 4.72 Å². The van der Waals surface area contributed by atoms with Crippen LogP contribution in [0.5, 0.6) is 0 Å². The first-order chi connectivity index (χ1) is 11.4. The Morgan fingerprint density at radius 3 is 2.29 bits per heavy atom. The molecule has 0 saturated heterocycles. The van der Waals surface area contributed by atoms with Crippen LogP contribution in [0.3, 0.4) is 0 Å². The smallest absolute Gasteiger partial charge is 0.305 e. The highest BCUT2D eigenvalue weighted by Gasteiger charge is 2.22. The summed E-state index contributed by atoms with van der Waals surface area (Å²) in [5.41, 5.74) is 1.71. The van der Waals surface area contributed by atoms with Gasteiger partial charge in [0.05, 0.1) is 10.9 Å². The Hall–Kier alpha value is -2.18. The molecule has 2 rings (SSSR count). The highest BCUT2D eigenvalue weighted by molar-refractivity contribution is 7.89. The van der Waals surface area contributed by atoms with Crippen LogP contribution in [-0.2, 0) is 19.6 Å². The largest absolute Gasteiger partial charge is 0.464 e. The van der Waals surface area contributed by atoms with E-state index in [0.29, 0.717) is 0 Å². The van der Waals surface area contributed by atoms with E-state index in [0.717, 1.165) is 11.1 Å². The number of carbonyl (C=O) groups is 1. The predicted octanol–water partition coefficient (Wildman–Crippen LogP) is 2.97. The summed E-state index contributed by atoms with van der Waals surface area (Å²) in [6.45, 7) is 3.53. The molecule has 1 atom stereocenters. The molecule has 0 bridgehead atoms. The molecule has 5 nitrogen and oxygen atoms in total. The lowest BCUT2D eigenvalue weighted by atomic mass is 10.1. The minimum absolute atomic E-state index is 0.0538. The Morgan fingerprint density at radius 2 is 1.71 bits per heavy atom. The Bertz CT molecular complexity index is 770. The summed E-state index contributed by atoms with van der Waals surface area (Å²) < 4.78 is 32.9. The fraction of sp³-hybridized carbons (Fsp3) is 0.278. The van der Waals surface area contributed by atoms with Gasteiger partial charge in [-0.15, -0.1) is 0 Å². The van der Waals surface area contributed by atoms with Gasteiger partial charge in [-0.1, -0.05) is 55.0 Å². The molecular weight excluding hydrogens is 326 g/mol. The first kappa shape index (κ1) is 18.2. The van der Waals surface area contributed by atoms with Crippen LogP contribution in [0.2, 0.25) is 0 Å². The van der Waals surface area contributed by atoms with Crippen molar-refractivity contribution in [1.29, 1.82) is 0 Å². The molecular formula is C18H21NO4S. The van der Waals surface area contributed by atoms with E-state index in [9.17, 15) is 13.2 Å². The Kier molecular flexibility index (Phi) is 6.11. The number of nitrogens with one attached hydrogen (secondary N) is 1. The molecule has 0 fully saturated rings. The molecule has 0 saturated carbocycles. The van der Waals surface area contributed by atoms with Crippen LogP contribution in [0.15, 0.2) is 59.5 Å². The first-order valence-corrected chi connectivity index (χ1v) is 9.20. The van der Waals surface area contributed by atoms with Gasteiger partial charge in [-0.3, -0.25) is 4.79 Å². The maximum atomic E-state index is 12.6. The average Bonchev–Trinajstić information content (AvgIpc) is 2.59. The first-order valence-electron chi connectivity index (χ1n) is 7.72. The molecule has 1 unspecified atom stereocenters. The topological polar surface area (TPSA) is 72.5 Å². The number of aryl methyl sites for hydroxylation is 1. The molecule has 24 heavy (non-hydrogen) atoms. The Balaban J connectivity index is 2.23. The third-order valence-corrected chi connectivity index (χ3v) is 5.02. The van der Waals surface area contributed by atoms with Gasteiger partial charge in [-0.2, -0.15) is 0 Å². The van der Waals surface area contributed by atoms with Crippen LogP contribution in [0.1, 0.15) is 30.5 Å². The van der Waals surface area contributed by atoms with E-state index in [-0.39, 0.29) is 23.9 Å². The van der Waals surface area contributed by atoms with Crippen LogP contribution in [0.25, 0.3) is 0 Å². The molecule has 0 aliphatic rings. The maximum absolute atomic E-state index is 12.6.